The number of anilines is 1. The van der Waals surface area contributed by atoms with Crippen LogP contribution in [0.1, 0.15) is 55.1 Å². The van der Waals surface area contributed by atoms with Gasteiger partial charge in [0, 0.05) is 25.8 Å². The molecule has 1 amide bonds. The molecule has 0 spiro atoms. The Morgan fingerprint density at radius 3 is 2.62 bits per heavy atom. The molecule has 3 rings (SSSR count). The lowest BCUT2D eigenvalue weighted by atomic mass is 9.83. The number of benzene rings is 1. The Hall–Kier alpha value is -2.03. The molecule has 0 unspecified atom stereocenters. The number of nitrogens with one attached hydrogen (secondary N) is 3. The lowest BCUT2D eigenvalue weighted by Gasteiger charge is -2.28. The second kappa shape index (κ2) is 11.2. The number of guanidine groups is 1. The summed E-state index contributed by atoms with van der Waals surface area (Å²) in [5.41, 5.74) is 2.21. The monoisotopic (exact) mass is 510 g/mol. The third kappa shape index (κ3) is 6.48. The van der Waals surface area contributed by atoms with Crippen molar-refractivity contribution in [1.29, 1.82) is 0 Å². The molecule has 0 atom stereocenters. The third-order valence-corrected chi connectivity index (χ3v) is 5.66. The molecule has 6 nitrogen and oxygen atoms in total. The average Bonchev–Trinajstić information content (AvgIpc) is 3.41. The van der Waals surface area contributed by atoms with Crippen LogP contribution in [0, 0.1) is 5.41 Å². The molecular weight excluding hydrogens is 479 g/mol. The topological polar surface area (TPSA) is 78.7 Å². The Kier molecular flexibility index (Phi) is 9.00. The van der Waals surface area contributed by atoms with Crippen LogP contribution in [0.2, 0.25) is 0 Å². The normalized spacial score (nSPS) is 15.4. The van der Waals surface area contributed by atoms with Crippen LogP contribution in [0.25, 0.3) is 0 Å². The van der Waals surface area contributed by atoms with E-state index in [9.17, 15) is 4.79 Å². The summed E-state index contributed by atoms with van der Waals surface area (Å²) in [6, 6.07) is 11.1. The van der Waals surface area contributed by atoms with Crippen molar-refractivity contribution in [3.63, 3.8) is 0 Å². The Labute approximate surface area is 190 Å². The number of rotatable bonds is 7. The van der Waals surface area contributed by atoms with E-state index in [-0.39, 0.29) is 29.9 Å². The van der Waals surface area contributed by atoms with Crippen molar-refractivity contribution in [2.75, 3.05) is 18.9 Å². The summed E-state index contributed by atoms with van der Waals surface area (Å²) in [5, 5.41) is 9.72. The average molecular weight is 510 g/mol. The van der Waals surface area contributed by atoms with Crippen molar-refractivity contribution < 1.29 is 9.21 Å². The van der Waals surface area contributed by atoms with Crippen molar-refractivity contribution in [3.05, 3.63) is 54.0 Å². The van der Waals surface area contributed by atoms with Gasteiger partial charge >= 0.3 is 0 Å². The summed E-state index contributed by atoms with van der Waals surface area (Å²) in [5.74, 6) is 0.851. The molecule has 0 aliphatic heterocycles. The van der Waals surface area contributed by atoms with E-state index in [2.05, 4.69) is 27.9 Å². The summed E-state index contributed by atoms with van der Waals surface area (Å²) in [6.45, 7) is 3.87. The van der Waals surface area contributed by atoms with Crippen LogP contribution in [-0.2, 0) is 6.54 Å². The molecule has 0 bridgehead atoms. The number of aliphatic imine (C=N–C) groups is 1. The molecule has 1 heterocycles. The number of furan rings is 1. The minimum absolute atomic E-state index is 0. The van der Waals surface area contributed by atoms with E-state index in [0.717, 1.165) is 23.8 Å². The summed E-state index contributed by atoms with van der Waals surface area (Å²) in [4.78, 5) is 16.5. The summed E-state index contributed by atoms with van der Waals surface area (Å²) in [7, 11) is 1.79. The fourth-order valence-corrected chi connectivity index (χ4v) is 3.82. The quantitative estimate of drug-likeness (QED) is 0.285. The van der Waals surface area contributed by atoms with Crippen molar-refractivity contribution in [3.8, 4) is 0 Å². The van der Waals surface area contributed by atoms with E-state index in [0.29, 0.717) is 17.7 Å². The molecule has 1 fully saturated rings. The van der Waals surface area contributed by atoms with Crippen molar-refractivity contribution >= 4 is 41.5 Å². The van der Waals surface area contributed by atoms with Crippen LogP contribution in [0.3, 0.4) is 0 Å². The first kappa shape index (κ1) is 23.3. The molecule has 1 aliphatic rings. The Morgan fingerprint density at radius 2 is 1.97 bits per heavy atom. The highest BCUT2D eigenvalue weighted by atomic mass is 127. The van der Waals surface area contributed by atoms with E-state index >= 15 is 0 Å². The van der Waals surface area contributed by atoms with Gasteiger partial charge < -0.3 is 20.4 Å². The van der Waals surface area contributed by atoms with E-state index < -0.39 is 0 Å². The first-order chi connectivity index (χ1) is 13.6. The summed E-state index contributed by atoms with van der Waals surface area (Å²) >= 11 is 0. The molecule has 1 aromatic carbocycles. The van der Waals surface area contributed by atoms with E-state index in [1.807, 2.05) is 24.3 Å². The maximum Gasteiger partial charge on any atom is 0.291 e. The lowest BCUT2D eigenvalue weighted by Crippen LogP contribution is -2.42. The first-order valence-electron chi connectivity index (χ1n) is 10.0. The fourth-order valence-electron chi connectivity index (χ4n) is 3.82. The van der Waals surface area contributed by atoms with Gasteiger partial charge in [-0.15, -0.1) is 24.0 Å². The zero-order valence-corrected chi connectivity index (χ0v) is 19.5. The third-order valence-electron chi connectivity index (χ3n) is 5.66. The maximum atomic E-state index is 12.1. The standard InChI is InChI=1S/C22H30N4O2.HI/c1-3-22(11-4-5-12-22)16-25-21(23-2)24-15-17-8-6-9-18(14-17)26-20(27)19-10-7-13-28-19;/h6-10,13-14H,3-5,11-12,15-16H2,1-2H3,(H,26,27)(H2,23,24,25);1H. The zero-order chi connectivity index (χ0) is 19.8. The minimum Gasteiger partial charge on any atom is -0.459 e. The molecule has 0 radical (unpaired) electrons. The van der Waals surface area contributed by atoms with Crippen LogP contribution in [0.15, 0.2) is 52.1 Å². The van der Waals surface area contributed by atoms with Gasteiger partial charge in [0.1, 0.15) is 0 Å². The highest BCUT2D eigenvalue weighted by Crippen LogP contribution is 2.40. The molecule has 1 aromatic heterocycles. The molecule has 1 saturated carbocycles. The van der Waals surface area contributed by atoms with Crippen LogP contribution in [0.4, 0.5) is 5.69 Å². The SMILES string of the molecule is CCC1(CNC(=NC)NCc2cccc(NC(=O)c3ccco3)c2)CCCC1.I. The number of carbonyl (C=O) groups excluding carboxylic acids is 1. The smallest absolute Gasteiger partial charge is 0.291 e. The Balaban J connectivity index is 0.00000300. The fraction of sp³-hybridized carbons (Fsp3) is 0.455. The highest BCUT2D eigenvalue weighted by molar-refractivity contribution is 14.0. The number of halogens is 1. The lowest BCUT2D eigenvalue weighted by molar-refractivity contribution is 0.0996. The van der Waals surface area contributed by atoms with Gasteiger partial charge in [0.2, 0.25) is 0 Å². The highest BCUT2D eigenvalue weighted by Gasteiger charge is 2.31. The van der Waals surface area contributed by atoms with Gasteiger partial charge in [-0.3, -0.25) is 9.79 Å². The van der Waals surface area contributed by atoms with E-state index in [4.69, 9.17) is 4.42 Å². The molecule has 158 valence electrons. The van der Waals surface area contributed by atoms with Crippen LogP contribution >= 0.6 is 24.0 Å². The van der Waals surface area contributed by atoms with Gasteiger partial charge in [0.15, 0.2) is 11.7 Å². The molecule has 29 heavy (non-hydrogen) atoms. The predicted molar refractivity (Wildman–Crippen MR) is 128 cm³/mol. The van der Waals surface area contributed by atoms with E-state index in [1.54, 1.807) is 19.2 Å². The number of amides is 1. The second-order valence-corrected chi connectivity index (χ2v) is 7.47. The molecule has 3 N–H and O–H groups in total. The van der Waals surface area contributed by atoms with Crippen LogP contribution in [0.5, 0.6) is 0 Å². The predicted octanol–water partition coefficient (Wildman–Crippen LogP) is 4.79. The van der Waals surface area contributed by atoms with Crippen molar-refractivity contribution in [2.24, 2.45) is 10.4 Å². The molecule has 2 aromatic rings. The van der Waals surface area contributed by atoms with E-state index in [1.165, 1.54) is 38.4 Å². The van der Waals surface area contributed by atoms with Gasteiger partial charge in [-0.05, 0) is 54.5 Å². The van der Waals surface area contributed by atoms with Crippen molar-refractivity contribution in [2.45, 2.75) is 45.6 Å². The van der Waals surface area contributed by atoms with Crippen molar-refractivity contribution in [1.82, 2.24) is 10.6 Å². The summed E-state index contributed by atoms with van der Waals surface area (Å²) in [6.07, 6.45) is 7.95. The van der Waals surface area contributed by atoms with Crippen LogP contribution < -0.4 is 16.0 Å². The number of carbonyl (C=O) groups is 1. The number of hydrogen-bond donors (Lipinski definition) is 3. The molecular formula is C22H31IN4O2. The second-order valence-electron chi connectivity index (χ2n) is 7.47. The Morgan fingerprint density at radius 1 is 1.17 bits per heavy atom. The van der Waals surface area contributed by atoms with Crippen LogP contribution in [-0.4, -0.2) is 25.5 Å². The molecule has 7 heteroatoms. The largest absolute Gasteiger partial charge is 0.459 e. The first-order valence-corrected chi connectivity index (χ1v) is 10.0. The Bertz CT molecular complexity index is 799. The van der Waals surface area contributed by atoms with Gasteiger partial charge in [-0.2, -0.15) is 0 Å². The van der Waals surface area contributed by atoms with Gasteiger partial charge in [0.05, 0.1) is 6.26 Å². The zero-order valence-electron chi connectivity index (χ0n) is 17.2. The minimum atomic E-state index is -0.256. The van der Waals surface area contributed by atoms with Gasteiger partial charge in [-0.25, -0.2) is 0 Å². The number of hydrogen-bond acceptors (Lipinski definition) is 3. The van der Waals surface area contributed by atoms with Gasteiger partial charge in [-0.1, -0.05) is 31.9 Å². The summed E-state index contributed by atoms with van der Waals surface area (Å²) < 4.78 is 5.13. The number of nitrogens with zero attached hydrogens (tertiary/aromatic N) is 1. The maximum absolute atomic E-state index is 12.1. The molecule has 1 aliphatic carbocycles. The molecule has 0 saturated heterocycles. The van der Waals surface area contributed by atoms with Gasteiger partial charge in [0.25, 0.3) is 5.91 Å².